The molecule has 2 aromatic rings. The summed E-state index contributed by atoms with van der Waals surface area (Å²) in [4.78, 5) is 7.41. The Morgan fingerprint density at radius 2 is 1.00 bits per heavy atom. The van der Waals surface area contributed by atoms with Crippen LogP contribution in [-0.2, 0) is 24.7 Å². The van der Waals surface area contributed by atoms with E-state index in [1.165, 1.54) is 109 Å². The maximum Gasteiger partial charge on any atom is 0.261 e. The Hall–Kier alpha value is -0.880. The first-order valence-corrected chi connectivity index (χ1v) is 21.8. The molecule has 46 heavy (non-hydrogen) atoms. The molecule has 2 rings (SSSR count). The first-order valence-electron chi connectivity index (χ1n) is 17.8. The van der Waals surface area contributed by atoms with Crippen molar-refractivity contribution >= 4 is 56.5 Å². The van der Waals surface area contributed by atoms with Crippen LogP contribution in [0.15, 0.2) is 58.3 Å². The molecular weight excluding hydrogens is 653 g/mol. The van der Waals surface area contributed by atoms with Crippen LogP contribution in [-0.4, -0.2) is 17.4 Å². The van der Waals surface area contributed by atoms with E-state index in [2.05, 4.69) is 29.4 Å². The lowest BCUT2D eigenvalue weighted by Gasteiger charge is -2.12. The SMILES string of the molecule is CCCCCCCCCCCCOOSNc1ccccc1SSc1ccccc1NS(=O)OCCCCCCCCCCCC. The maximum atomic E-state index is 12.6. The van der Waals surface area contributed by atoms with E-state index in [1.807, 2.05) is 42.5 Å². The lowest BCUT2D eigenvalue weighted by Crippen LogP contribution is -2.09. The Balaban J connectivity index is 1.58. The molecule has 0 aliphatic rings. The van der Waals surface area contributed by atoms with Gasteiger partial charge >= 0.3 is 0 Å². The van der Waals surface area contributed by atoms with Gasteiger partial charge in [0.1, 0.15) is 12.2 Å². The van der Waals surface area contributed by atoms with Crippen LogP contribution >= 0.6 is 33.8 Å². The van der Waals surface area contributed by atoms with Gasteiger partial charge in [0.25, 0.3) is 11.3 Å². The highest BCUT2D eigenvalue weighted by Crippen LogP contribution is 2.44. The first-order chi connectivity index (χ1) is 22.7. The molecule has 2 N–H and O–H groups in total. The fourth-order valence-electron chi connectivity index (χ4n) is 4.95. The van der Waals surface area contributed by atoms with Crippen molar-refractivity contribution in [1.29, 1.82) is 0 Å². The van der Waals surface area contributed by atoms with Gasteiger partial charge in [-0.1, -0.05) is 175 Å². The molecule has 0 saturated heterocycles. The molecular formula is C36H60N2O4S4. The molecule has 0 saturated carbocycles. The number of hydrogen-bond donors (Lipinski definition) is 2. The van der Waals surface area contributed by atoms with Crippen molar-refractivity contribution in [2.75, 3.05) is 22.7 Å². The molecule has 0 aliphatic carbocycles. The number of anilines is 2. The molecule has 0 aliphatic heterocycles. The van der Waals surface area contributed by atoms with Gasteiger partial charge in [-0.15, -0.1) is 4.33 Å². The van der Waals surface area contributed by atoms with Gasteiger partial charge in [0, 0.05) is 9.79 Å². The van der Waals surface area contributed by atoms with Crippen molar-refractivity contribution in [1.82, 2.24) is 0 Å². The first kappa shape index (κ1) is 41.3. The third kappa shape index (κ3) is 21.9. The quantitative estimate of drug-likeness (QED) is 0.0194. The van der Waals surface area contributed by atoms with Crippen molar-refractivity contribution in [2.24, 2.45) is 0 Å². The largest absolute Gasteiger partial charge is 0.303 e. The van der Waals surface area contributed by atoms with E-state index in [9.17, 15) is 4.21 Å². The zero-order valence-corrected chi connectivity index (χ0v) is 31.7. The highest BCUT2D eigenvalue weighted by atomic mass is 33.1. The molecule has 262 valence electrons. The minimum absolute atomic E-state index is 0.502. The van der Waals surface area contributed by atoms with Gasteiger partial charge < -0.3 is 4.72 Å². The van der Waals surface area contributed by atoms with Crippen molar-refractivity contribution in [3.63, 3.8) is 0 Å². The number of benzene rings is 2. The summed E-state index contributed by atoms with van der Waals surface area (Å²) >= 11 is -0.490. The summed E-state index contributed by atoms with van der Waals surface area (Å²) < 4.78 is 29.8. The summed E-state index contributed by atoms with van der Waals surface area (Å²) in [5, 5.41) is 0. The molecule has 10 heteroatoms. The van der Waals surface area contributed by atoms with Crippen LogP contribution in [0.25, 0.3) is 0 Å². The lowest BCUT2D eigenvalue weighted by molar-refractivity contribution is -0.191. The second-order valence-electron chi connectivity index (χ2n) is 11.8. The van der Waals surface area contributed by atoms with Gasteiger partial charge in [-0.25, -0.2) is 9.10 Å². The summed E-state index contributed by atoms with van der Waals surface area (Å²) in [5.74, 6) is 0. The fraction of sp³-hybridized carbons (Fsp3) is 0.667. The standard InChI is InChI=1S/C36H60N2O4S4/c1-3-5-7-9-11-13-15-17-19-25-31-40-42-45-37-33-27-21-23-29-35(33)43-44-36-30-24-22-28-34(36)38-46(39)41-32-26-20-18-16-14-12-10-8-6-4-2/h21-24,27-30,37-38H,3-20,25-26,31-32H2,1-2H3. The highest BCUT2D eigenvalue weighted by molar-refractivity contribution is 8.76. The lowest BCUT2D eigenvalue weighted by atomic mass is 10.1. The van der Waals surface area contributed by atoms with E-state index in [4.69, 9.17) is 13.4 Å². The Morgan fingerprint density at radius 1 is 0.565 bits per heavy atom. The van der Waals surface area contributed by atoms with Crippen LogP contribution in [0.5, 0.6) is 0 Å². The molecule has 2 aromatic carbocycles. The minimum atomic E-state index is -1.58. The van der Waals surface area contributed by atoms with Gasteiger partial charge in [-0.2, -0.15) is 0 Å². The van der Waals surface area contributed by atoms with Crippen LogP contribution in [0.3, 0.4) is 0 Å². The smallest absolute Gasteiger partial charge is 0.261 e. The summed E-state index contributed by atoms with van der Waals surface area (Å²) in [6, 6.07) is 16.0. The molecule has 0 aromatic heterocycles. The topological polar surface area (TPSA) is 68.8 Å². The number of nitrogens with one attached hydrogen (secondary N) is 2. The Morgan fingerprint density at radius 3 is 1.54 bits per heavy atom. The van der Waals surface area contributed by atoms with Crippen molar-refractivity contribution < 1.29 is 17.6 Å². The Kier molecular flexibility index (Phi) is 27.1. The predicted octanol–water partition coefficient (Wildman–Crippen LogP) is 13.3. The molecule has 0 fully saturated rings. The number of para-hydroxylation sites is 2. The monoisotopic (exact) mass is 712 g/mol. The van der Waals surface area contributed by atoms with Crippen molar-refractivity contribution in [2.45, 2.75) is 152 Å². The van der Waals surface area contributed by atoms with E-state index in [0.29, 0.717) is 13.2 Å². The number of rotatable bonds is 32. The van der Waals surface area contributed by atoms with Crippen LogP contribution in [0.1, 0.15) is 142 Å². The average Bonchev–Trinajstić information content (AvgIpc) is 3.07. The predicted molar refractivity (Wildman–Crippen MR) is 204 cm³/mol. The van der Waals surface area contributed by atoms with Gasteiger partial charge in [0.2, 0.25) is 0 Å². The van der Waals surface area contributed by atoms with E-state index in [1.54, 1.807) is 21.6 Å². The Bertz CT molecular complexity index is 1020. The molecule has 0 radical (unpaired) electrons. The number of unbranched alkanes of at least 4 members (excludes halogenated alkanes) is 18. The van der Waals surface area contributed by atoms with Gasteiger partial charge in [-0.3, -0.25) is 8.91 Å². The van der Waals surface area contributed by atoms with E-state index >= 15 is 0 Å². The fourth-order valence-corrected chi connectivity index (χ4v) is 8.46. The van der Waals surface area contributed by atoms with Gasteiger partial charge in [0.15, 0.2) is 0 Å². The van der Waals surface area contributed by atoms with Gasteiger partial charge in [-0.05, 0) is 37.1 Å². The van der Waals surface area contributed by atoms with Crippen LogP contribution < -0.4 is 9.44 Å². The second-order valence-corrected chi connectivity index (χ2v) is 15.4. The number of hydrogen-bond acceptors (Lipinski definition) is 8. The third-order valence-electron chi connectivity index (χ3n) is 7.69. The van der Waals surface area contributed by atoms with Crippen LogP contribution in [0, 0.1) is 0 Å². The van der Waals surface area contributed by atoms with Gasteiger partial charge in [0.05, 0.1) is 24.6 Å². The van der Waals surface area contributed by atoms with Crippen molar-refractivity contribution in [3.05, 3.63) is 48.5 Å². The summed E-state index contributed by atoms with van der Waals surface area (Å²) in [6.45, 7) is 5.63. The maximum absolute atomic E-state index is 12.6. The molecule has 6 nitrogen and oxygen atoms in total. The molecule has 1 atom stereocenters. The highest BCUT2D eigenvalue weighted by Gasteiger charge is 2.10. The molecule has 1 unspecified atom stereocenters. The summed E-state index contributed by atoms with van der Waals surface area (Å²) in [6.07, 6.45) is 25.6. The molecule has 0 heterocycles. The Labute approximate surface area is 295 Å². The van der Waals surface area contributed by atoms with E-state index < -0.39 is 11.3 Å². The zero-order chi connectivity index (χ0) is 32.8. The summed E-state index contributed by atoms with van der Waals surface area (Å²) in [5.41, 5.74) is 1.74. The normalized spacial score (nSPS) is 12.0. The molecule has 0 amide bonds. The molecule has 0 spiro atoms. The average molecular weight is 713 g/mol. The van der Waals surface area contributed by atoms with E-state index in [0.717, 1.165) is 52.7 Å². The minimum Gasteiger partial charge on any atom is -0.303 e. The van der Waals surface area contributed by atoms with Crippen molar-refractivity contribution in [3.8, 4) is 0 Å². The van der Waals surface area contributed by atoms with Crippen LogP contribution in [0.4, 0.5) is 11.4 Å². The third-order valence-corrected chi connectivity index (χ3v) is 11.4. The zero-order valence-electron chi connectivity index (χ0n) is 28.4. The molecule has 0 bridgehead atoms. The van der Waals surface area contributed by atoms with Crippen LogP contribution in [0.2, 0.25) is 0 Å². The van der Waals surface area contributed by atoms with E-state index in [-0.39, 0.29) is 0 Å². The second kappa shape index (κ2) is 30.2. The summed E-state index contributed by atoms with van der Waals surface area (Å²) in [7, 11) is 3.24.